The zero-order chi connectivity index (χ0) is 13.6. The number of amides is 1. The second kappa shape index (κ2) is 3.89. The van der Waals surface area contributed by atoms with Crippen LogP contribution in [0.3, 0.4) is 0 Å². The molecular formula is C14H11N3O2. The SMILES string of the molecule is Cc1oc(N)c(C#N)c1-c1ccc2c(c1)CC(=O)N2. The Bertz CT molecular complexity index is 738. The summed E-state index contributed by atoms with van der Waals surface area (Å²) >= 11 is 0. The van der Waals surface area contributed by atoms with E-state index in [1.807, 2.05) is 18.2 Å². The highest BCUT2D eigenvalue weighted by Crippen LogP contribution is 2.36. The minimum atomic E-state index is -0.0175. The van der Waals surface area contributed by atoms with Crippen molar-refractivity contribution in [3.8, 4) is 17.2 Å². The van der Waals surface area contributed by atoms with E-state index in [2.05, 4.69) is 11.4 Å². The van der Waals surface area contributed by atoms with Crippen LogP contribution in [-0.2, 0) is 11.2 Å². The molecule has 1 aliphatic heterocycles. The van der Waals surface area contributed by atoms with Crippen LogP contribution in [0, 0.1) is 18.3 Å². The van der Waals surface area contributed by atoms with Crippen LogP contribution < -0.4 is 11.1 Å². The van der Waals surface area contributed by atoms with E-state index in [1.54, 1.807) is 6.92 Å². The van der Waals surface area contributed by atoms with Crippen molar-refractivity contribution in [3.63, 3.8) is 0 Å². The molecule has 5 heteroatoms. The Kier molecular flexibility index (Phi) is 2.32. The second-order valence-electron chi connectivity index (χ2n) is 4.48. The molecule has 0 atom stereocenters. The number of furan rings is 1. The zero-order valence-electron chi connectivity index (χ0n) is 10.3. The molecule has 94 valence electrons. The van der Waals surface area contributed by atoms with Crippen LogP contribution in [0.25, 0.3) is 11.1 Å². The number of nitrogens with one attached hydrogen (secondary N) is 1. The minimum Gasteiger partial charge on any atom is -0.444 e. The summed E-state index contributed by atoms with van der Waals surface area (Å²) in [6.07, 6.45) is 0.359. The van der Waals surface area contributed by atoms with Crippen molar-refractivity contribution < 1.29 is 9.21 Å². The number of benzene rings is 1. The molecule has 2 aromatic rings. The Morgan fingerprint density at radius 2 is 2.26 bits per heavy atom. The van der Waals surface area contributed by atoms with Gasteiger partial charge in [-0.3, -0.25) is 4.79 Å². The van der Waals surface area contributed by atoms with Gasteiger partial charge < -0.3 is 15.5 Å². The van der Waals surface area contributed by atoms with Crippen LogP contribution in [0.1, 0.15) is 16.9 Å². The number of hydrogen-bond donors (Lipinski definition) is 2. The maximum atomic E-state index is 11.3. The average molecular weight is 253 g/mol. The Hall–Kier alpha value is -2.74. The monoisotopic (exact) mass is 253 g/mol. The highest BCUT2D eigenvalue weighted by Gasteiger charge is 2.21. The fourth-order valence-electron chi connectivity index (χ4n) is 2.41. The first-order valence-electron chi connectivity index (χ1n) is 5.82. The highest BCUT2D eigenvalue weighted by molar-refractivity contribution is 5.99. The first-order chi connectivity index (χ1) is 9.10. The summed E-state index contributed by atoms with van der Waals surface area (Å²) < 4.78 is 5.30. The molecule has 1 aromatic heterocycles. The summed E-state index contributed by atoms with van der Waals surface area (Å²) in [6.45, 7) is 1.77. The van der Waals surface area contributed by atoms with Gasteiger partial charge in [0.2, 0.25) is 11.8 Å². The predicted molar refractivity (Wildman–Crippen MR) is 70.3 cm³/mol. The van der Waals surface area contributed by atoms with E-state index in [0.29, 0.717) is 23.3 Å². The average Bonchev–Trinajstić information content (AvgIpc) is 2.86. The van der Waals surface area contributed by atoms with Gasteiger partial charge in [0.1, 0.15) is 17.4 Å². The standard InChI is InChI=1S/C14H11N3O2/c1-7-13(10(6-15)14(16)19-7)8-2-3-11-9(4-8)5-12(18)17-11/h2-4H,5,16H2,1H3,(H,17,18). The molecule has 1 aromatic carbocycles. The van der Waals surface area contributed by atoms with Crippen molar-refractivity contribution in [1.82, 2.24) is 0 Å². The molecule has 3 N–H and O–H groups in total. The van der Waals surface area contributed by atoms with Gasteiger partial charge in [-0.15, -0.1) is 0 Å². The maximum Gasteiger partial charge on any atom is 0.228 e. The van der Waals surface area contributed by atoms with Gasteiger partial charge in [0.05, 0.1) is 6.42 Å². The number of carbonyl (C=O) groups is 1. The van der Waals surface area contributed by atoms with Crippen LogP contribution in [0.4, 0.5) is 11.6 Å². The van der Waals surface area contributed by atoms with Crippen molar-refractivity contribution >= 4 is 17.5 Å². The molecule has 0 saturated carbocycles. The van der Waals surface area contributed by atoms with Crippen molar-refractivity contribution in [2.45, 2.75) is 13.3 Å². The zero-order valence-corrected chi connectivity index (χ0v) is 10.3. The number of aryl methyl sites for hydroxylation is 1. The number of fused-ring (bicyclic) bond motifs is 1. The van der Waals surface area contributed by atoms with Crippen LogP contribution in [0.15, 0.2) is 22.6 Å². The van der Waals surface area contributed by atoms with Crippen molar-refractivity contribution in [1.29, 1.82) is 5.26 Å². The van der Waals surface area contributed by atoms with E-state index in [-0.39, 0.29) is 11.8 Å². The van der Waals surface area contributed by atoms with Crippen LogP contribution in [0.5, 0.6) is 0 Å². The molecule has 0 radical (unpaired) electrons. The molecule has 1 amide bonds. The molecule has 0 bridgehead atoms. The molecule has 0 spiro atoms. The topological polar surface area (TPSA) is 92.0 Å². The summed E-state index contributed by atoms with van der Waals surface area (Å²) in [5, 5.41) is 11.9. The van der Waals surface area contributed by atoms with E-state index >= 15 is 0 Å². The van der Waals surface area contributed by atoms with E-state index in [1.165, 1.54) is 0 Å². The van der Waals surface area contributed by atoms with Gasteiger partial charge in [-0.2, -0.15) is 5.26 Å². The van der Waals surface area contributed by atoms with Gasteiger partial charge in [-0.25, -0.2) is 0 Å². The predicted octanol–water partition coefficient (Wildman–Crippen LogP) is 2.20. The first-order valence-corrected chi connectivity index (χ1v) is 5.82. The van der Waals surface area contributed by atoms with Gasteiger partial charge in [0, 0.05) is 11.3 Å². The van der Waals surface area contributed by atoms with Gasteiger partial charge in [-0.05, 0) is 30.2 Å². The number of anilines is 2. The largest absolute Gasteiger partial charge is 0.444 e. The molecule has 0 fully saturated rings. The number of nitriles is 1. The normalized spacial score (nSPS) is 12.9. The summed E-state index contributed by atoms with van der Waals surface area (Å²) in [5.41, 5.74) is 9.29. The van der Waals surface area contributed by atoms with Crippen molar-refractivity contribution in [3.05, 3.63) is 35.1 Å². The van der Waals surface area contributed by atoms with Crippen LogP contribution in [-0.4, -0.2) is 5.91 Å². The summed E-state index contributed by atoms with van der Waals surface area (Å²) in [4.78, 5) is 11.3. The lowest BCUT2D eigenvalue weighted by atomic mass is 9.99. The second-order valence-corrected chi connectivity index (χ2v) is 4.48. The Morgan fingerprint density at radius 3 is 3.00 bits per heavy atom. The Morgan fingerprint density at radius 1 is 1.47 bits per heavy atom. The molecule has 5 nitrogen and oxygen atoms in total. The van der Waals surface area contributed by atoms with E-state index in [4.69, 9.17) is 15.4 Å². The third-order valence-electron chi connectivity index (χ3n) is 3.24. The number of hydrogen-bond acceptors (Lipinski definition) is 4. The first kappa shape index (κ1) is 11.4. The summed E-state index contributed by atoms with van der Waals surface area (Å²) in [7, 11) is 0. The molecule has 0 saturated heterocycles. The maximum absolute atomic E-state index is 11.3. The van der Waals surface area contributed by atoms with Crippen molar-refractivity contribution in [2.75, 3.05) is 11.1 Å². The Labute approximate surface area is 109 Å². The van der Waals surface area contributed by atoms with E-state index in [9.17, 15) is 4.79 Å². The van der Waals surface area contributed by atoms with Crippen molar-refractivity contribution in [2.24, 2.45) is 0 Å². The highest BCUT2D eigenvalue weighted by atomic mass is 16.4. The quantitative estimate of drug-likeness (QED) is 0.814. The molecule has 3 rings (SSSR count). The van der Waals surface area contributed by atoms with E-state index in [0.717, 1.165) is 16.8 Å². The van der Waals surface area contributed by atoms with Gasteiger partial charge >= 0.3 is 0 Å². The molecule has 2 heterocycles. The fourth-order valence-corrected chi connectivity index (χ4v) is 2.41. The van der Waals surface area contributed by atoms with Gasteiger partial charge in [0.25, 0.3) is 0 Å². The lowest BCUT2D eigenvalue weighted by Crippen LogP contribution is -2.03. The smallest absolute Gasteiger partial charge is 0.228 e. The molecule has 0 unspecified atom stereocenters. The summed E-state index contributed by atoms with van der Waals surface area (Å²) in [5.74, 6) is 0.715. The third kappa shape index (κ3) is 1.66. The number of nitrogens with zero attached hydrogens (tertiary/aromatic N) is 1. The number of rotatable bonds is 1. The Balaban J connectivity index is 2.17. The third-order valence-corrected chi connectivity index (χ3v) is 3.24. The van der Waals surface area contributed by atoms with Crippen LogP contribution in [0.2, 0.25) is 0 Å². The van der Waals surface area contributed by atoms with E-state index < -0.39 is 0 Å². The molecule has 0 aliphatic carbocycles. The lowest BCUT2D eigenvalue weighted by Gasteiger charge is -2.03. The number of nitrogens with two attached hydrogens (primary N) is 1. The molecular weight excluding hydrogens is 242 g/mol. The number of nitrogen functional groups attached to an aromatic ring is 1. The van der Waals surface area contributed by atoms with Gasteiger partial charge in [-0.1, -0.05) is 6.07 Å². The van der Waals surface area contributed by atoms with Gasteiger partial charge in [0.15, 0.2) is 0 Å². The van der Waals surface area contributed by atoms with Crippen LogP contribution >= 0.6 is 0 Å². The lowest BCUT2D eigenvalue weighted by molar-refractivity contribution is -0.115. The molecule has 19 heavy (non-hydrogen) atoms. The fraction of sp³-hybridized carbons (Fsp3) is 0.143. The summed E-state index contributed by atoms with van der Waals surface area (Å²) in [6, 6.07) is 7.64. The minimum absolute atomic E-state index is 0.0175. The number of carbonyl (C=O) groups excluding carboxylic acids is 1. The molecule has 1 aliphatic rings.